The Balaban J connectivity index is 2.69. The summed E-state index contributed by atoms with van der Waals surface area (Å²) in [7, 11) is 0. The van der Waals surface area contributed by atoms with Crippen molar-refractivity contribution in [3.8, 4) is 0 Å². The van der Waals surface area contributed by atoms with Crippen molar-refractivity contribution in [2.24, 2.45) is 5.73 Å². The van der Waals surface area contributed by atoms with E-state index in [1.165, 1.54) is 38.8 Å². The molecule has 0 amide bonds. The summed E-state index contributed by atoms with van der Waals surface area (Å²) < 4.78 is 5.78. The molecule has 1 heterocycles. The normalized spacial score (nSPS) is 29.1. The Morgan fingerprint density at radius 3 is 2.18 bits per heavy atom. The molecule has 0 radical (unpaired) electrons. The fourth-order valence-electron chi connectivity index (χ4n) is 2.84. The number of rotatable bonds is 8. The molecule has 0 saturated carbocycles. The molecule has 1 saturated heterocycles. The van der Waals surface area contributed by atoms with Crippen LogP contribution in [-0.4, -0.2) is 42.8 Å². The fourth-order valence-corrected chi connectivity index (χ4v) is 2.84. The lowest BCUT2D eigenvalue weighted by atomic mass is 9.89. The second kappa shape index (κ2) is 7.34. The molecular formula is C14H30N2O. The molecule has 102 valence electrons. The minimum absolute atomic E-state index is 0.102. The zero-order valence-corrected chi connectivity index (χ0v) is 11.9. The molecule has 3 heteroatoms. The van der Waals surface area contributed by atoms with E-state index in [1.807, 2.05) is 0 Å². The van der Waals surface area contributed by atoms with Crippen LogP contribution in [0.25, 0.3) is 0 Å². The van der Waals surface area contributed by atoms with E-state index in [0.29, 0.717) is 0 Å². The summed E-state index contributed by atoms with van der Waals surface area (Å²) in [5.41, 5.74) is 6.18. The minimum Gasteiger partial charge on any atom is -0.376 e. The summed E-state index contributed by atoms with van der Waals surface area (Å²) in [6, 6.07) is 0. The van der Waals surface area contributed by atoms with E-state index >= 15 is 0 Å². The number of unbranched alkanes of at least 4 members (excludes halogenated alkanes) is 2. The van der Waals surface area contributed by atoms with E-state index in [9.17, 15) is 0 Å². The number of nitrogens with zero attached hydrogens (tertiary/aromatic N) is 1. The van der Waals surface area contributed by atoms with Crippen molar-refractivity contribution in [1.82, 2.24) is 4.90 Å². The van der Waals surface area contributed by atoms with Gasteiger partial charge in [-0.05, 0) is 39.3 Å². The van der Waals surface area contributed by atoms with Gasteiger partial charge in [-0.1, -0.05) is 26.7 Å². The SMILES string of the molecule is CCCCN(CCCC)C1(CN)CCOC1C. The molecule has 3 nitrogen and oxygen atoms in total. The van der Waals surface area contributed by atoms with E-state index < -0.39 is 0 Å². The minimum atomic E-state index is 0.102. The summed E-state index contributed by atoms with van der Waals surface area (Å²) in [6.07, 6.45) is 6.40. The van der Waals surface area contributed by atoms with Gasteiger partial charge in [0.05, 0.1) is 11.6 Å². The molecule has 2 unspecified atom stereocenters. The van der Waals surface area contributed by atoms with E-state index in [1.54, 1.807) is 0 Å². The lowest BCUT2D eigenvalue weighted by Gasteiger charge is -2.43. The van der Waals surface area contributed by atoms with E-state index in [4.69, 9.17) is 10.5 Å². The van der Waals surface area contributed by atoms with Gasteiger partial charge >= 0.3 is 0 Å². The number of hydrogen-bond acceptors (Lipinski definition) is 3. The van der Waals surface area contributed by atoms with Gasteiger partial charge in [0.15, 0.2) is 0 Å². The number of nitrogens with two attached hydrogens (primary N) is 1. The van der Waals surface area contributed by atoms with Gasteiger partial charge < -0.3 is 10.5 Å². The molecule has 2 N–H and O–H groups in total. The van der Waals surface area contributed by atoms with Crippen LogP contribution < -0.4 is 5.73 Å². The summed E-state index contributed by atoms with van der Waals surface area (Å²) in [6.45, 7) is 10.6. The first-order valence-electron chi connectivity index (χ1n) is 7.28. The third-order valence-electron chi connectivity index (χ3n) is 4.21. The van der Waals surface area contributed by atoms with Crippen LogP contribution in [0.2, 0.25) is 0 Å². The highest BCUT2D eigenvalue weighted by Crippen LogP contribution is 2.32. The Bertz CT molecular complexity index is 202. The predicted molar refractivity (Wildman–Crippen MR) is 73.2 cm³/mol. The zero-order valence-electron chi connectivity index (χ0n) is 11.9. The Hall–Kier alpha value is -0.120. The molecule has 0 aliphatic carbocycles. The first kappa shape index (κ1) is 14.9. The van der Waals surface area contributed by atoms with Gasteiger partial charge in [0.1, 0.15) is 0 Å². The third-order valence-corrected chi connectivity index (χ3v) is 4.21. The van der Waals surface area contributed by atoms with Gasteiger partial charge in [-0.15, -0.1) is 0 Å². The topological polar surface area (TPSA) is 38.5 Å². The highest BCUT2D eigenvalue weighted by atomic mass is 16.5. The molecule has 1 aliphatic heterocycles. The van der Waals surface area contributed by atoms with Crippen molar-refractivity contribution in [3.05, 3.63) is 0 Å². The predicted octanol–water partition coefficient (Wildman–Crippen LogP) is 2.39. The summed E-state index contributed by atoms with van der Waals surface area (Å²) in [5, 5.41) is 0. The highest BCUT2D eigenvalue weighted by molar-refractivity contribution is 5.00. The van der Waals surface area contributed by atoms with Crippen molar-refractivity contribution >= 4 is 0 Å². The lowest BCUT2D eigenvalue weighted by Crippen LogP contribution is -2.58. The van der Waals surface area contributed by atoms with Gasteiger partial charge in [-0.2, -0.15) is 0 Å². The van der Waals surface area contributed by atoms with Gasteiger partial charge in [0.2, 0.25) is 0 Å². The maximum atomic E-state index is 6.08. The standard InChI is InChI=1S/C14H30N2O/c1-4-6-9-16(10-7-5-2)14(12-15)8-11-17-13(14)3/h13H,4-12,15H2,1-3H3. The van der Waals surface area contributed by atoms with Crippen molar-refractivity contribution in [1.29, 1.82) is 0 Å². The van der Waals surface area contributed by atoms with Crippen molar-refractivity contribution in [3.63, 3.8) is 0 Å². The number of ether oxygens (including phenoxy) is 1. The average Bonchev–Trinajstić information content (AvgIpc) is 2.72. The molecule has 1 aliphatic rings. The molecule has 0 bridgehead atoms. The molecule has 0 aromatic heterocycles. The Kier molecular flexibility index (Phi) is 6.45. The van der Waals surface area contributed by atoms with Crippen LogP contribution in [0.15, 0.2) is 0 Å². The summed E-state index contributed by atoms with van der Waals surface area (Å²) >= 11 is 0. The van der Waals surface area contributed by atoms with Crippen LogP contribution >= 0.6 is 0 Å². The van der Waals surface area contributed by atoms with Crippen molar-refractivity contribution < 1.29 is 4.74 Å². The Morgan fingerprint density at radius 1 is 1.24 bits per heavy atom. The molecule has 2 atom stereocenters. The Morgan fingerprint density at radius 2 is 1.82 bits per heavy atom. The monoisotopic (exact) mass is 242 g/mol. The molecule has 17 heavy (non-hydrogen) atoms. The smallest absolute Gasteiger partial charge is 0.0743 e. The van der Waals surface area contributed by atoms with Crippen LogP contribution in [0.4, 0.5) is 0 Å². The highest BCUT2D eigenvalue weighted by Gasteiger charge is 2.44. The quantitative estimate of drug-likeness (QED) is 0.710. The van der Waals surface area contributed by atoms with Gasteiger partial charge in [0, 0.05) is 13.2 Å². The van der Waals surface area contributed by atoms with Crippen molar-refractivity contribution in [2.75, 3.05) is 26.2 Å². The van der Waals surface area contributed by atoms with E-state index in [0.717, 1.165) is 19.6 Å². The molecule has 0 spiro atoms. The zero-order chi connectivity index (χ0) is 12.7. The summed E-state index contributed by atoms with van der Waals surface area (Å²) in [5.74, 6) is 0. The Labute approximate surface area is 107 Å². The third kappa shape index (κ3) is 3.43. The first-order chi connectivity index (χ1) is 8.21. The van der Waals surface area contributed by atoms with E-state index in [2.05, 4.69) is 25.7 Å². The second-order valence-electron chi connectivity index (χ2n) is 5.26. The van der Waals surface area contributed by atoms with E-state index in [-0.39, 0.29) is 11.6 Å². The van der Waals surface area contributed by atoms with Gasteiger partial charge in [-0.3, -0.25) is 4.90 Å². The van der Waals surface area contributed by atoms with Gasteiger partial charge in [-0.25, -0.2) is 0 Å². The van der Waals surface area contributed by atoms with Gasteiger partial charge in [0.25, 0.3) is 0 Å². The van der Waals surface area contributed by atoms with Crippen molar-refractivity contribution in [2.45, 2.75) is 64.5 Å². The lowest BCUT2D eigenvalue weighted by molar-refractivity contribution is 0.0127. The molecule has 0 aromatic rings. The van der Waals surface area contributed by atoms with Crippen LogP contribution in [-0.2, 0) is 4.74 Å². The first-order valence-corrected chi connectivity index (χ1v) is 7.28. The van der Waals surface area contributed by atoms with Crippen LogP contribution in [0.5, 0.6) is 0 Å². The van der Waals surface area contributed by atoms with Crippen LogP contribution in [0.3, 0.4) is 0 Å². The van der Waals surface area contributed by atoms with Crippen LogP contribution in [0, 0.1) is 0 Å². The number of hydrogen-bond donors (Lipinski definition) is 1. The molecular weight excluding hydrogens is 212 g/mol. The second-order valence-corrected chi connectivity index (χ2v) is 5.26. The molecule has 0 aromatic carbocycles. The fraction of sp³-hybridized carbons (Fsp3) is 1.00. The maximum absolute atomic E-state index is 6.08. The van der Waals surface area contributed by atoms with Crippen LogP contribution in [0.1, 0.15) is 52.9 Å². The molecule has 1 fully saturated rings. The average molecular weight is 242 g/mol. The maximum Gasteiger partial charge on any atom is 0.0743 e. The molecule has 1 rings (SSSR count). The summed E-state index contributed by atoms with van der Waals surface area (Å²) in [4.78, 5) is 2.61. The largest absolute Gasteiger partial charge is 0.376 e.